The van der Waals surface area contributed by atoms with Crippen LogP contribution in [0.3, 0.4) is 0 Å². The van der Waals surface area contributed by atoms with E-state index in [1.165, 1.54) is 10.9 Å². The van der Waals surface area contributed by atoms with E-state index in [1.54, 1.807) is 24.3 Å². The van der Waals surface area contributed by atoms with E-state index in [0.29, 0.717) is 17.3 Å². The molecule has 1 aliphatic heterocycles. The molecular weight excluding hydrogens is 382 g/mol. The Balaban J connectivity index is 1.68. The summed E-state index contributed by atoms with van der Waals surface area (Å²) in [6.07, 6.45) is 1.59. The van der Waals surface area contributed by atoms with Crippen molar-refractivity contribution in [1.29, 1.82) is 0 Å². The second-order valence-corrected chi connectivity index (χ2v) is 6.60. The number of halogens is 2. The third-order valence-electron chi connectivity index (χ3n) is 4.56. The van der Waals surface area contributed by atoms with Crippen LogP contribution < -0.4 is 15.8 Å². The van der Waals surface area contributed by atoms with Gasteiger partial charge in [-0.25, -0.2) is 13.8 Å². The zero-order chi connectivity index (χ0) is 20.5. The number of nitrogens with one attached hydrogen (secondary N) is 1. The Morgan fingerprint density at radius 3 is 2.55 bits per heavy atom. The number of hydrogen-bond acceptors (Lipinski definition) is 4. The summed E-state index contributed by atoms with van der Waals surface area (Å²) in [5.74, 6) is -1.79. The van der Waals surface area contributed by atoms with Gasteiger partial charge < -0.3 is 15.8 Å². The van der Waals surface area contributed by atoms with Crippen LogP contribution in [-0.4, -0.2) is 28.0 Å². The minimum absolute atomic E-state index is 0.170. The molecule has 0 spiro atoms. The molecule has 3 aromatic rings. The number of aromatic nitrogens is 2. The Morgan fingerprint density at radius 2 is 1.90 bits per heavy atom. The Hall–Kier alpha value is -3.75. The maximum atomic E-state index is 13.6. The molecule has 0 fully saturated rings. The normalized spacial score (nSPS) is 15.5. The lowest BCUT2D eigenvalue weighted by molar-refractivity contribution is -0.120. The molecule has 2 heterocycles. The van der Waals surface area contributed by atoms with Crippen molar-refractivity contribution in [3.63, 3.8) is 0 Å². The van der Waals surface area contributed by atoms with Gasteiger partial charge in [-0.3, -0.25) is 14.2 Å². The number of rotatable bonds is 5. The Bertz CT molecular complexity index is 1080. The van der Waals surface area contributed by atoms with E-state index >= 15 is 0 Å². The van der Waals surface area contributed by atoms with Crippen molar-refractivity contribution in [2.45, 2.75) is 12.3 Å². The minimum atomic E-state index is -0.729. The molecule has 3 N–H and O–H groups in total. The van der Waals surface area contributed by atoms with Crippen molar-refractivity contribution in [2.24, 2.45) is 5.73 Å². The van der Waals surface area contributed by atoms with E-state index in [4.69, 9.17) is 10.5 Å². The second kappa shape index (κ2) is 7.34. The number of anilines is 1. The lowest BCUT2D eigenvalue weighted by Gasteiger charge is -2.23. The Kier molecular flexibility index (Phi) is 4.71. The molecule has 0 bridgehead atoms. The first kappa shape index (κ1) is 18.6. The molecule has 1 aromatic heterocycles. The van der Waals surface area contributed by atoms with Crippen LogP contribution in [0.1, 0.15) is 23.6 Å². The first-order valence-electron chi connectivity index (χ1n) is 8.75. The van der Waals surface area contributed by atoms with Crippen LogP contribution >= 0.6 is 0 Å². The summed E-state index contributed by atoms with van der Waals surface area (Å²) in [5.41, 5.74) is 6.67. The van der Waals surface area contributed by atoms with Gasteiger partial charge in [0.2, 0.25) is 5.91 Å². The van der Waals surface area contributed by atoms with E-state index in [9.17, 15) is 18.4 Å². The van der Waals surface area contributed by atoms with Crippen molar-refractivity contribution in [2.75, 3.05) is 11.9 Å². The fourth-order valence-corrected chi connectivity index (χ4v) is 3.31. The number of nitrogens with two attached hydrogens (primary N) is 1. The quantitative estimate of drug-likeness (QED) is 0.690. The molecule has 0 radical (unpaired) electrons. The molecule has 9 heteroatoms. The molecule has 29 heavy (non-hydrogen) atoms. The van der Waals surface area contributed by atoms with E-state index in [1.807, 2.05) is 0 Å². The fourth-order valence-electron chi connectivity index (χ4n) is 3.31. The van der Waals surface area contributed by atoms with Crippen molar-refractivity contribution in [3.8, 4) is 11.4 Å². The van der Waals surface area contributed by atoms with E-state index in [-0.39, 0.29) is 30.5 Å². The highest BCUT2D eigenvalue weighted by Gasteiger charge is 2.31. The summed E-state index contributed by atoms with van der Waals surface area (Å²) in [6, 6.07) is 9.97. The van der Waals surface area contributed by atoms with Gasteiger partial charge in [0.15, 0.2) is 6.61 Å². The van der Waals surface area contributed by atoms with Crippen LogP contribution in [0.15, 0.2) is 48.8 Å². The zero-order valence-electron chi connectivity index (χ0n) is 15.1. The summed E-state index contributed by atoms with van der Waals surface area (Å²) >= 11 is 0. The molecular formula is C20H16F2N4O3. The number of primary amides is 1. The highest BCUT2D eigenvalue weighted by molar-refractivity contribution is 5.94. The summed E-state index contributed by atoms with van der Waals surface area (Å²) < 4.78 is 33.9. The number of carbonyl (C=O) groups is 2. The topological polar surface area (TPSA) is 99.2 Å². The number of fused-ring (bicyclic) bond motifs is 1. The van der Waals surface area contributed by atoms with Crippen LogP contribution in [0.4, 0.5) is 14.6 Å². The number of carbonyl (C=O) groups excluding carboxylic acids is 2. The van der Waals surface area contributed by atoms with Crippen molar-refractivity contribution < 1.29 is 23.1 Å². The Labute approximate surface area is 164 Å². The molecule has 2 amide bonds. The van der Waals surface area contributed by atoms with Crippen LogP contribution in [0.5, 0.6) is 5.75 Å². The number of nitrogens with zero attached hydrogens (tertiary/aromatic N) is 2. The number of amides is 2. The summed E-state index contributed by atoms with van der Waals surface area (Å²) in [4.78, 5) is 27.5. The molecule has 1 atom stereocenters. The molecule has 0 aliphatic carbocycles. The van der Waals surface area contributed by atoms with Gasteiger partial charge in [-0.2, -0.15) is 0 Å². The maximum Gasteiger partial charge on any atom is 0.255 e. The van der Waals surface area contributed by atoms with E-state index in [2.05, 4.69) is 10.3 Å². The van der Waals surface area contributed by atoms with Crippen LogP contribution in [-0.2, 0) is 9.59 Å². The molecule has 0 saturated carbocycles. The average Bonchev–Trinajstić information content (AvgIpc) is 3.09. The van der Waals surface area contributed by atoms with Crippen molar-refractivity contribution in [3.05, 3.63) is 71.7 Å². The summed E-state index contributed by atoms with van der Waals surface area (Å²) in [6.45, 7) is -0.232. The third kappa shape index (κ3) is 3.79. The van der Waals surface area contributed by atoms with Crippen LogP contribution in [0, 0.1) is 11.6 Å². The first-order valence-corrected chi connectivity index (χ1v) is 8.75. The molecule has 0 unspecified atom stereocenters. The number of hydrogen-bond donors (Lipinski definition) is 2. The van der Waals surface area contributed by atoms with Gasteiger partial charge in [0.1, 0.15) is 29.5 Å². The van der Waals surface area contributed by atoms with Crippen LogP contribution in [0.25, 0.3) is 5.69 Å². The summed E-state index contributed by atoms with van der Waals surface area (Å²) in [7, 11) is 0. The standard InChI is InChI=1S/C20H16F2N4O3/c21-12-5-13(22)7-14(6-12)26-10-24-19-16(8-18(28)25-20(19)26)11-1-3-15(4-2-11)29-9-17(23)27/h1-7,10,16H,8-9H2,(H2,23,27)(H,25,28)/t16-/m1/s1. The SMILES string of the molecule is NC(=O)COc1ccc([C@H]2CC(=O)Nc3c2ncn3-c2cc(F)cc(F)c2)cc1. The third-order valence-corrected chi connectivity index (χ3v) is 4.56. The van der Waals surface area contributed by atoms with Gasteiger partial charge in [-0.05, 0) is 29.8 Å². The van der Waals surface area contributed by atoms with Gasteiger partial charge in [0.25, 0.3) is 5.91 Å². The fraction of sp³-hybridized carbons (Fsp3) is 0.150. The van der Waals surface area contributed by atoms with Crippen molar-refractivity contribution >= 4 is 17.6 Å². The molecule has 1 aliphatic rings. The molecule has 148 valence electrons. The monoisotopic (exact) mass is 398 g/mol. The predicted octanol–water partition coefficient (Wildman–Crippen LogP) is 2.49. The first-order chi connectivity index (χ1) is 13.9. The smallest absolute Gasteiger partial charge is 0.255 e. The van der Waals surface area contributed by atoms with Gasteiger partial charge in [-0.15, -0.1) is 0 Å². The number of ether oxygens (including phenoxy) is 1. The highest BCUT2D eigenvalue weighted by atomic mass is 19.1. The van der Waals surface area contributed by atoms with Gasteiger partial charge in [0.05, 0.1) is 11.4 Å². The van der Waals surface area contributed by atoms with E-state index in [0.717, 1.165) is 23.8 Å². The highest BCUT2D eigenvalue weighted by Crippen LogP contribution is 2.37. The lowest BCUT2D eigenvalue weighted by Crippen LogP contribution is -2.25. The molecule has 7 nitrogen and oxygen atoms in total. The molecule has 4 rings (SSSR count). The van der Waals surface area contributed by atoms with Gasteiger partial charge in [0, 0.05) is 18.4 Å². The maximum absolute atomic E-state index is 13.6. The van der Waals surface area contributed by atoms with Crippen molar-refractivity contribution in [1.82, 2.24) is 9.55 Å². The predicted molar refractivity (Wildman–Crippen MR) is 99.7 cm³/mol. The van der Waals surface area contributed by atoms with Gasteiger partial charge in [-0.1, -0.05) is 12.1 Å². The summed E-state index contributed by atoms with van der Waals surface area (Å²) in [5, 5.41) is 2.73. The minimum Gasteiger partial charge on any atom is -0.484 e. The lowest BCUT2D eigenvalue weighted by atomic mass is 9.90. The number of benzene rings is 2. The molecule has 2 aromatic carbocycles. The Morgan fingerprint density at radius 1 is 1.21 bits per heavy atom. The largest absolute Gasteiger partial charge is 0.484 e. The zero-order valence-corrected chi connectivity index (χ0v) is 15.1. The van der Waals surface area contributed by atoms with Gasteiger partial charge >= 0.3 is 0 Å². The second-order valence-electron chi connectivity index (χ2n) is 6.60. The average molecular weight is 398 g/mol. The van der Waals surface area contributed by atoms with Crippen LogP contribution in [0.2, 0.25) is 0 Å². The number of imidazole rings is 1. The van der Waals surface area contributed by atoms with E-state index < -0.39 is 17.5 Å². The molecule has 0 saturated heterocycles.